The number of hydrogen-bond acceptors (Lipinski definition) is 4. The summed E-state index contributed by atoms with van der Waals surface area (Å²) in [6.07, 6.45) is 1.16. The van der Waals surface area contributed by atoms with Crippen molar-refractivity contribution in [3.05, 3.63) is 39.4 Å². The van der Waals surface area contributed by atoms with Crippen LogP contribution in [0.3, 0.4) is 0 Å². The lowest BCUT2D eigenvalue weighted by Crippen LogP contribution is -2.48. The molecule has 7 nitrogen and oxygen atoms in total. The van der Waals surface area contributed by atoms with Crippen LogP contribution in [0, 0.1) is 22.5 Å². The lowest BCUT2D eigenvalue weighted by Gasteiger charge is -2.37. The van der Waals surface area contributed by atoms with Crippen molar-refractivity contribution in [2.75, 3.05) is 13.1 Å². The van der Waals surface area contributed by atoms with Gasteiger partial charge in [-0.25, -0.2) is 0 Å². The van der Waals surface area contributed by atoms with Crippen molar-refractivity contribution in [3.63, 3.8) is 0 Å². The van der Waals surface area contributed by atoms with Crippen LogP contribution >= 0.6 is 0 Å². The molecule has 1 heterocycles. The van der Waals surface area contributed by atoms with E-state index in [4.69, 9.17) is 0 Å². The van der Waals surface area contributed by atoms with E-state index in [-0.39, 0.29) is 18.1 Å². The van der Waals surface area contributed by atoms with Crippen molar-refractivity contribution < 1.29 is 19.6 Å². The minimum absolute atomic E-state index is 0.0666. The molecule has 1 unspecified atom stereocenters. The number of nitro benzene ring substituents is 1. The fourth-order valence-corrected chi connectivity index (χ4v) is 2.76. The van der Waals surface area contributed by atoms with Gasteiger partial charge in [0.05, 0.1) is 10.3 Å². The van der Waals surface area contributed by atoms with Gasteiger partial charge in [0.25, 0.3) is 11.6 Å². The fourth-order valence-electron chi connectivity index (χ4n) is 2.76. The van der Waals surface area contributed by atoms with E-state index in [1.54, 1.807) is 13.8 Å². The Morgan fingerprint density at radius 2 is 2.09 bits per heavy atom. The predicted octanol–water partition coefficient (Wildman–Crippen LogP) is 2.23. The zero-order chi connectivity index (χ0) is 16.5. The third-order valence-corrected chi connectivity index (χ3v) is 4.15. The molecule has 1 aliphatic heterocycles. The maximum atomic E-state index is 12.6. The summed E-state index contributed by atoms with van der Waals surface area (Å²) >= 11 is 0. The molecule has 22 heavy (non-hydrogen) atoms. The Kier molecular flexibility index (Phi) is 4.16. The Hall–Kier alpha value is -2.44. The molecule has 1 saturated heterocycles. The average molecular weight is 306 g/mol. The molecule has 7 heteroatoms. The number of nitro groups is 1. The lowest BCUT2D eigenvalue weighted by atomic mass is 9.82. The second-order valence-corrected chi connectivity index (χ2v) is 5.95. The molecule has 1 aliphatic rings. The number of non-ortho nitro benzene ring substituents is 1. The second-order valence-electron chi connectivity index (χ2n) is 5.95. The van der Waals surface area contributed by atoms with E-state index >= 15 is 0 Å². The number of carbonyl (C=O) groups is 2. The number of likely N-dealkylation sites (tertiary alicyclic amines) is 1. The molecule has 0 bridgehead atoms. The Morgan fingerprint density at radius 3 is 2.64 bits per heavy atom. The molecular formula is C15H18N2O5. The molecule has 1 fully saturated rings. The number of rotatable bonds is 3. The first-order valence-corrected chi connectivity index (χ1v) is 7.02. The monoisotopic (exact) mass is 306 g/mol. The first-order valence-electron chi connectivity index (χ1n) is 7.02. The quantitative estimate of drug-likeness (QED) is 0.681. The minimum Gasteiger partial charge on any atom is -0.481 e. The van der Waals surface area contributed by atoms with E-state index < -0.39 is 16.3 Å². The molecule has 118 valence electrons. The van der Waals surface area contributed by atoms with Gasteiger partial charge < -0.3 is 10.0 Å². The van der Waals surface area contributed by atoms with Gasteiger partial charge in [-0.1, -0.05) is 0 Å². The van der Waals surface area contributed by atoms with Crippen LogP contribution in [0.4, 0.5) is 5.69 Å². The maximum absolute atomic E-state index is 12.6. The van der Waals surface area contributed by atoms with E-state index in [9.17, 15) is 24.8 Å². The SMILES string of the molecule is Cc1cc([N+](=O)[O-])ccc1C(=O)N1CCCC(C)(C(=O)O)C1. The zero-order valence-electron chi connectivity index (χ0n) is 12.5. The number of aliphatic carboxylic acids is 1. The van der Waals surface area contributed by atoms with Crippen LogP contribution in [0.5, 0.6) is 0 Å². The minimum atomic E-state index is -0.942. The number of carbonyl (C=O) groups excluding carboxylic acids is 1. The van der Waals surface area contributed by atoms with E-state index in [1.807, 2.05) is 0 Å². The van der Waals surface area contributed by atoms with Crippen molar-refractivity contribution in [1.29, 1.82) is 0 Å². The average Bonchev–Trinajstić information content (AvgIpc) is 2.46. The largest absolute Gasteiger partial charge is 0.481 e. The Morgan fingerprint density at radius 1 is 1.41 bits per heavy atom. The standard InChI is InChI=1S/C15H18N2O5/c1-10-8-11(17(21)22)4-5-12(10)13(18)16-7-3-6-15(2,9-16)14(19)20/h4-5,8H,3,6-7,9H2,1-2H3,(H,19,20). The number of piperidine rings is 1. The molecule has 1 amide bonds. The van der Waals surface area contributed by atoms with Crippen LogP contribution in [0.2, 0.25) is 0 Å². The number of carboxylic acid groups (broad SMARTS) is 1. The van der Waals surface area contributed by atoms with E-state index in [0.29, 0.717) is 30.5 Å². The summed E-state index contributed by atoms with van der Waals surface area (Å²) in [5.41, 5.74) is -0.118. The first-order chi connectivity index (χ1) is 10.2. The third-order valence-electron chi connectivity index (χ3n) is 4.15. The van der Waals surface area contributed by atoms with Crippen molar-refractivity contribution in [2.45, 2.75) is 26.7 Å². The highest BCUT2D eigenvalue weighted by Gasteiger charge is 2.39. The van der Waals surface area contributed by atoms with Gasteiger partial charge in [0.1, 0.15) is 0 Å². The highest BCUT2D eigenvalue weighted by Crippen LogP contribution is 2.31. The number of benzene rings is 1. The molecule has 1 aromatic rings. The summed E-state index contributed by atoms with van der Waals surface area (Å²) in [6, 6.07) is 4.08. The van der Waals surface area contributed by atoms with Gasteiger partial charge in [0, 0.05) is 30.8 Å². The van der Waals surface area contributed by atoms with Gasteiger partial charge in [-0.3, -0.25) is 19.7 Å². The van der Waals surface area contributed by atoms with Crippen molar-refractivity contribution in [2.24, 2.45) is 5.41 Å². The Bertz CT molecular complexity index is 643. The summed E-state index contributed by atoms with van der Waals surface area (Å²) in [6.45, 7) is 3.92. The van der Waals surface area contributed by atoms with Crippen molar-refractivity contribution >= 4 is 17.6 Å². The third kappa shape index (κ3) is 2.93. The normalized spacial score (nSPS) is 21.5. The molecule has 1 atom stereocenters. The zero-order valence-corrected chi connectivity index (χ0v) is 12.5. The lowest BCUT2D eigenvalue weighted by molar-refractivity contribution is -0.384. The molecule has 1 N–H and O–H groups in total. The smallest absolute Gasteiger partial charge is 0.311 e. The molecule has 2 rings (SSSR count). The summed E-state index contributed by atoms with van der Waals surface area (Å²) < 4.78 is 0. The molecule has 0 saturated carbocycles. The van der Waals surface area contributed by atoms with Crippen LogP contribution in [0.15, 0.2) is 18.2 Å². The van der Waals surface area contributed by atoms with Gasteiger partial charge >= 0.3 is 5.97 Å². The first kappa shape index (κ1) is 15.9. The van der Waals surface area contributed by atoms with Gasteiger partial charge in [-0.15, -0.1) is 0 Å². The summed E-state index contributed by atoms with van der Waals surface area (Å²) in [5, 5.41) is 20.0. The molecule has 0 aliphatic carbocycles. The van der Waals surface area contributed by atoms with E-state index in [2.05, 4.69) is 0 Å². The molecule has 0 spiro atoms. The summed E-state index contributed by atoms with van der Waals surface area (Å²) in [4.78, 5) is 35.7. The van der Waals surface area contributed by atoms with Gasteiger partial charge in [-0.2, -0.15) is 0 Å². The van der Waals surface area contributed by atoms with Gasteiger partial charge in [0.2, 0.25) is 0 Å². The fraction of sp³-hybridized carbons (Fsp3) is 0.467. The summed E-state index contributed by atoms with van der Waals surface area (Å²) in [7, 11) is 0. The molecule has 0 aromatic heterocycles. The second kappa shape index (κ2) is 5.75. The summed E-state index contributed by atoms with van der Waals surface area (Å²) in [5.74, 6) is -1.19. The number of amides is 1. The number of nitrogens with zero attached hydrogens (tertiary/aromatic N) is 2. The highest BCUT2D eigenvalue weighted by atomic mass is 16.6. The van der Waals surface area contributed by atoms with Gasteiger partial charge in [0.15, 0.2) is 0 Å². The highest BCUT2D eigenvalue weighted by molar-refractivity contribution is 5.96. The Balaban J connectivity index is 2.25. The topological polar surface area (TPSA) is 101 Å². The van der Waals surface area contributed by atoms with Crippen LogP contribution in [-0.2, 0) is 4.79 Å². The number of aryl methyl sites for hydroxylation is 1. The van der Waals surface area contributed by atoms with E-state index in [1.165, 1.54) is 23.1 Å². The van der Waals surface area contributed by atoms with Crippen LogP contribution in [0.1, 0.15) is 35.7 Å². The molecule has 0 radical (unpaired) electrons. The number of carboxylic acids is 1. The van der Waals surface area contributed by atoms with Crippen molar-refractivity contribution in [1.82, 2.24) is 4.90 Å². The Labute approximate surface area is 127 Å². The van der Waals surface area contributed by atoms with Crippen LogP contribution in [0.25, 0.3) is 0 Å². The molecular weight excluding hydrogens is 288 g/mol. The van der Waals surface area contributed by atoms with Gasteiger partial charge in [-0.05, 0) is 38.3 Å². The van der Waals surface area contributed by atoms with E-state index in [0.717, 1.165) is 0 Å². The number of hydrogen-bond donors (Lipinski definition) is 1. The predicted molar refractivity (Wildman–Crippen MR) is 78.7 cm³/mol. The van der Waals surface area contributed by atoms with Crippen molar-refractivity contribution in [3.8, 4) is 0 Å². The van der Waals surface area contributed by atoms with Crippen LogP contribution < -0.4 is 0 Å². The maximum Gasteiger partial charge on any atom is 0.311 e. The van der Waals surface area contributed by atoms with Crippen LogP contribution in [-0.4, -0.2) is 39.9 Å². The molecule has 1 aromatic carbocycles.